The second-order valence-corrected chi connectivity index (χ2v) is 9.82. The fourth-order valence-corrected chi connectivity index (χ4v) is 4.67. The Balaban J connectivity index is 1.81. The summed E-state index contributed by atoms with van der Waals surface area (Å²) in [6, 6.07) is 20.6. The topological polar surface area (TPSA) is 66.5 Å². The van der Waals surface area contributed by atoms with E-state index in [4.69, 9.17) is 23.2 Å². The van der Waals surface area contributed by atoms with Crippen molar-refractivity contribution in [3.8, 4) is 0 Å². The summed E-state index contributed by atoms with van der Waals surface area (Å²) in [4.78, 5) is 12.8. The lowest BCUT2D eigenvalue weighted by Crippen LogP contribution is -2.39. The molecule has 0 radical (unpaired) electrons. The van der Waals surface area contributed by atoms with Crippen LogP contribution in [0.4, 0.5) is 5.69 Å². The minimum atomic E-state index is -3.90. The Bertz CT molecular complexity index is 1150. The van der Waals surface area contributed by atoms with Crippen LogP contribution in [-0.4, -0.2) is 31.7 Å². The summed E-state index contributed by atoms with van der Waals surface area (Å²) >= 11 is 12.0. The van der Waals surface area contributed by atoms with Crippen molar-refractivity contribution in [1.29, 1.82) is 0 Å². The highest BCUT2D eigenvalue weighted by Crippen LogP contribution is 2.21. The lowest BCUT2D eigenvalue weighted by atomic mass is 10.1. The van der Waals surface area contributed by atoms with Gasteiger partial charge in [0.05, 0.1) is 11.4 Å². The fraction of sp³-hybridized carbons (Fsp3) is 0.174. The van der Waals surface area contributed by atoms with E-state index >= 15 is 0 Å². The Labute approximate surface area is 192 Å². The molecular weight excluding hydrogens is 455 g/mol. The molecule has 0 atom stereocenters. The minimum absolute atomic E-state index is 0.0798. The minimum Gasteiger partial charge on any atom is -0.325 e. The summed E-state index contributed by atoms with van der Waals surface area (Å²) in [5, 5.41) is 3.68. The number of nitrogens with zero attached hydrogens (tertiary/aromatic N) is 1. The van der Waals surface area contributed by atoms with E-state index in [1.165, 1.54) is 28.6 Å². The zero-order valence-electron chi connectivity index (χ0n) is 16.9. The Kier molecular flexibility index (Phi) is 7.73. The first-order valence-corrected chi connectivity index (χ1v) is 11.8. The Hall–Kier alpha value is -2.38. The van der Waals surface area contributed by atoms with Crippen LogP contribution in [0, 0.1) is 6.92 Å². The van der Waals surface area contributed by atoms with Crippen molar-refractivity contribution < 1.29 is 13.2 Å². The lowest BCUT2D eigenvalue weighted by Gasteiger charge is -2.22. The number of rotatable bonds is 8. The van der Waals surface area contributed by atoms with Crippen LogP contribution in [0.25, 0.3) is 0 Å². The number of halogens is 2. The summed E-state index contributed by atoms with van der Waals surface area (Å²) in [5.74, 6) is -0.453. The van der Waals surface area contributed by atoms with Gasteiger partial charge in [-0.05, 0) is 60.9 Å². The van der Waals surface area contributed by atoms with Gasteiger partial charge in [-0.2, -0.15) is 4.31 Å². The number of sulfonamides is 1. The number of nitrogens with one attached hydrogen (secondary N) is 1. The summed E-state index contributed by atoms with van der Waals surface area (Å²) in [7, 11) is -3.90. The highest BCUT2D eigenvalue weighted by molar-refractivity contribution is 7.89. The van der Waals surface area contributed by atoms with Crippen molar-refractivity contribution in [1.82, 2.24) is 4.31 Å². The maximum absolute atomic E-state index is 13.2. The number of carbonyl (C=O) groups is 1. The van der Waals surface area contributed by atoms with Gasteiger partial charge in [-0.25, -0.2) is 8.42 Å². The van der Waals surface area contributed by atoms with Gasteiger partial charge in [0.25, 0.3) is 0 Å². The molecule has 3 aromatic rings. The molecule has 31 heavy (non-hydrogen) atoms. The largest absolute Gasteiger partial charge is 0.325 e. The number of benzene rings is 3. The van der Waals surface area contributed by atoms with E-state index in [0.717, 1.165) is 11.1 Å². The van der Waals surface area contributed by atoms with Crippen LogP contribution < -0.4 is 5.32 Å². The van der Waals surface area contributed by atoms with Gasteiger partial charge < -0.3 is 5.32 Å². The van der Waals surface area contributed by atoms with Crippen molar-refractivity contribution >= 4 is 44.8 Å². The van der Waals surface area contributed by atoms with E-state index in [0.29, 0.717) is 22.2 Å². The average molecular weight is 477 g/mol. The highest BCUT2D eigenvalue weighted by Gasteiger charge is 2.26. The van der Waals surface area contributed by atoms with E-state index in [2.05, 4.69) is 5.32 Å². The molecule has 0 aliphatic rings. The Morgan fingerprint density at radius 3 is 2.29 bits per heavy atom. The predicted octanol–water partition coefficient (Wildman–Crippen LogP) is 5.17. The first kappa shape index (κ1) is 23.3. The smallest absolute Gasteiger partial charge is 0.243 e. The standard InChI is InChI=1S/C23H22Cl2N2O3S/c1-17-7-10-20(15-22(17)25)26-23(28)16-27(14-13-18-5-3-2-4-6-18)31(29,30)21-11-8-19(24)9-12-21/h2-12,15H,13-14,16H2,1H3,(H,26,28). The molecule has 1 N–H and O–H groups in total. The molecule has 0 aliphatic heterocycles. The molecule has 8 heteroatoms. The zero-order valence-corrected chi connectivity index (χ0v) is 19.2. The lowest BCUT2D eigenvalue weighted by molar-refractivity contribution is -0.116. The first-order valence-electron chi connectivity index (χ1n) is 9.61. The quantitative estimate of drug-likeness (QED) is 0.487. The van der Waals surface area contributed by atoms with Gasteiger partial charge in [0.2, 0.25) is 15.9 Å². The molecule has 0 aromatic heterocycles. The van der Waals surface area contributed by atoms with Crippen molar-refractivity contribution in [2.45, 2.75) is 18.2 Å². The van der Waals surface area contributed by atoms with E-state index < -0.39 is 15.9 Å². The number of anilines is 1. The summed E-state index contributed by atoms with van der Waals surface area (Å²) < 4.78 is 27.6. The molecule has 0 spiro atoms. The van der Waals surface area contributed by atoms with Gasteiger partial charge in [-0.15, -0.1) is 0 Å². The second-order valence-electron chi connectivity index (χ2n) is 7.04. The molecule has 5 nitrogen and oxygen atoms in total. The molecular formula is C23H22Cl2N2O3S. The fourth-order valence-electron chi connectivity index (χ4n) is 2.97. The van der Waals surface area contributed by atoms with Crippen LogP contribution in [0.1, 0.15) is 11.1 Å². The van der Waals surface area contributed by atoms with Gasteiger partial charge in [0.1, 0.15) is 0 Å². The summed E-state index contributed by atoms with van der Waals surface area (Å²) in [6.45, 7) is 1.68. The molecule has 162 valence electrons. The molecule has 0 saturated carbocycles. The molecule has 0 bridgehead atoms. The van der Waals surface area contributed by atoms with Crippen LogP contribution >= 0.6 is 23.2 Å². The first-order chi connectivity index (χ1) is 14.8. The van der Waals surface area contributed by atoms with Crippen molar-refractivity contribution in [2.24, 2.45) is 0 Å². The third-order valence-electron chi connectivity index (χ3n) is 4.72. The average Bonchev–Trinajstić information content (AvgIpc) is 2.74. The van der Waals surface area contributed by atoms with Crippen LogP contribution in [0.15, 0.2) is 77.7 Å². The zero-order chi connectivity index (χ0) is 22.4. The van der Waals surface area contributed by atoms with Gasteiger partial charge >= 0.3 is 0 Å². The highest BCUT2D eigenvalue weighted by atomic mass is 35.5. The molecule has 0 saturated heterocycles. The normalized spacial score (nSPS) is 11.5. The molecule has 0 fully saturated rings. The Morgan fingerprint density at radius 2 is 1.65 bits per heavy atom. The monoisotopic (exact) mass is 476 g/mol. The van der Waals surface area contributed by atoms with Gasteiger partial charge in [0.15, 0.2) is 0 Å². The van der Waals surface area contributed by atoms with Crippen LogP contribution in [0.2, 0.25) is 10.0 Å². The number of aryl methyl sites for hydroxylation is 1. The SMILES string of the molecule is Cc1ccc(NC(=O)CN(CCc2ccccc2)S(=O)(=O)c2ccc(Cl)cc2)cc1Cl. The third kappa shape index (κ3) is 6.31. The third-order valence-corrected chi connectivity index (χ3v) is 7.24. The molecule has 3 rings (SSSR count). The molecule has 0 heterocycles. The molecule has 0 aliphatic carbocycles. The van der Waals surface area contributed by atoms with E-state index in [9.17, 15) is 13.2 Å². The van der Waals surface area contributed by atoms with Gasteiger partial charge in [0, 0.05) is 22.3 Å². The van der Waals surface area contributed by atoms with Crippen LogP contribution in [0.5, 0.6) is 0 Å². The molecule has 1 amide bonds. The van der Waals surface area contributed by atoms with Crippen LogP contribution in [0.3, 0.4) is 0 Å². The van der Waals surface area contributed by atoms with E-state index in [1.54, 1.807) is 18.2 Å². The predicted molar refractivity (Wildman–Crippen MR) is 125 cm³/mol. The van der Waals surface area contributed by atoms with E-state index in [1.807, 2.05) is 37.3 Å². The maximum atomic E-state index is 13.2. The van der Waals surface area contributed by atoms with Gasteiger partial charge in [-0.3, -0.25) is 4.79 Å². The summed E-state index contributed by atoms with van der Waals surface area (Å²) in [5.41, 5.74) is 2.37. The number of carbonyl (C=O) groups excluding carboxylic acids is 1. The van der Waals surface area contributed by atoms with Crippen molar-refractivity contribution in [3.63, 3.8) is 0 Å². The summed E-state index contributed by atoms with van der Waals surface area (Å²) in [6.07, 6.45) is 0.470. The van der Waals surface area contributed by atoms with E-state index in [-0.39, 0.29) is 18.0 Å². The second kappa shape index (κ2) is 10.3. The number of hydrogen-bond donors (Lipinski definition) is 1. The Morgan fingerprint density at radius 1 is 0.968 bits per heavy atom. The number of hydrogen-bond acceptors (Lipinski definition) is 3. The van der Waals surface area contributed by atoms with Gasteiger partial charge in [-0.1, -0.05) is 59.6 Å². The van der Waals surface area contributed by atoms with Crippen molar-refractivity contribution in [2.75, 3.05) is 18.4 Å². The molecule has 0 unspecified atom stereocenters. The van der Waals surface area contributed by atoms with Crippen molar-refractivity contribution in [3.05, 3.63) is 94.0 Å². The number of amides is 1. The maximum Gasteiger partial charge on any atom is 0.243 e. The molecule has 3 aromatic carbocycles. The van der Waals surface area contributed by atoms with Crippen LogP contribution in [-0.2, 0) is 21.2 Å².